The molecule has 25 heavy (non-hydrogen) atoms. The zero-order chi connectivity index (χ0) is 17.8. The SMILES string of the molecule is CCC(=O)O[C@@H]1CC[C@@H]2[C@@H]3CCC4=CC(=O)C=C[C@]4(C)[C@H]3CC[C@@]21C. The zero-order valence-corrected chi connectivity index (χ0v) is 15.7. The second-order valence-corrected chi connectivity index (χ2v) is 9.06. The predicted molar refractivity (Wildman–Crippen MR) is 96.8 cm³/mol. The third-order valence-corrected chi connectivity index (χ3v) is 8.03. The van der Waals surface area contributed by atoms with Crippen molar-refractivity contribution in [2.75, 3.05) is 0 Å². The van der Waals surface area contributed by atoms with Gasteiger partial charge in [0.25, 0.3) is 0 Å². The van der Waals surface area contributed by atoms with Gasteiger partial charge in [0.2, 0.25) is 0 Å². The van der Waals surface area contributed by atoms with Gasteiger partial charge >= 0.3 is 5.97 Å². The number of carbonyl (C=O) groups is 2. The smallest absolute Gasteiger partial charge is 0.305 e. The highest BCUT2D eigenvalue weighted by atomic mass is 16.5. The first-order chi connectivity index (χ1) is 11.9. The maximum atomic E-state index is 11.9. The van der Waals surface area contributed by atoms with E-state index in [9.17, 15) is 9.59 Å². The largest absolute Gasteiger partial charge is 0.462 e. The average molecular weight is 342 g/mol. The van der Waals surface area contributed by atoms with Crippen molar-refractivity contribution in [2.45, 2.75) is 71.8 Å². The summed E-state index contributed by atoms with van der Waals surface area (Å²) in [6.45, 7) is 6.58. The number of fused-ring (bicyclic) bond motifs is 5. The van der Waals surface area contributed by atoms with Gasteiger partial charge in [0.05, 0.1) is 0 Å². The third kappa shape index (κ3) is 2.45. The Hall–Kier alpha value is -1.38. The molecule has 0 saturated heterocycles. The standard InChI is InChI=1S/C22H30O3/c1-4-20(24)25-19-8-7-17-16-6-5-14-13-15(23)9-11-21(14,2)18(16)10-12-22(17,19)3/h9,11,13,16-19H,4-8,10,12H2,1-3H3/t16-,17+,18-,19+,21-,22-/m0/s1. The van der Waals surface area contributed by atoms with Gasteiger partial charge in [0, 0.05) is 17.3 Å². The summed E-state index contributed by atoms with van der Waals surface area (Å²) in [5, 5.41) is 0. The molecule has 0 aromatic carbocycles. The Morgan fingerprint density at radius 3 is 2.76 bits per heavy atom. The van der Waals surface area contributed by atoms with Crippen LogP contribution in [0.25, 0.3) is 0 Å². The second kappa shape index (κ2) is 5.82. The fourth-order valence-electron chi connectivity index (χ4n) is 6.59. The Bertz CT molecular complexity index is 660. The van der Waals surface area contributed by atoms with E-state index in [2.05, 4.69) is 19.9 Å². The van der Waals surface area contributed by atoms with Gasteiger partial charge in [-0.3, -0.25) is 9.59 Å². The molecule has 0 N–H and O–H groups in total. The third-order valence-electron chi connectivity index (χ3n) is 8.03. The van der Waals surface area contributed by atoms with Crippen LogP contribution in [-0.2, 0) is 14.3 Å². The molecular formula is C22H30O3. The molecule has 3 saturated carbocycles. The number of rotatable bonds is 2. The molecule has 6 atom stereocenters. The fraction of sp³-hybridized carbons (Fsp3) is 0.727. The summed E-state index contributed by atoms with van der Waals surface area (Å²) < 4.78 is 5.85. The molecule has 0 aromatic rings. The minimum absolute atomic E-state index is 0.0519. The van der Waals surface area contributed by atoms with E-state index in [0.29, 0.717) is 24.2 Å². The Balaban J connectivity index is 1.60. The quantitative estimate of drug-likeness (QED) is 0.688. The second-order valence-electron chi connectivity index (χ2n) is 9.06. The monoisotopic (exact) mass is 342 g/mol. The van der Waals surface area contributed by atoms with Crippen molar-refractivity contribution >= 4 is 11.8 Å². The predicted octanol–water partition coefficient (Wildman–Crippen LogP) is 4.62. The van der Waals surface area contributed by atoms with E-state index in [1.165, 1.54) is 24.8 Å². The van der Waals surface area contributed by atoms with Crippen LogP contribution in [0.4, 0.5) is 0 Å². The van der Waals surface area contributed by atoms with Crippen molar-refractivity contribution in [2.24, 2.45) is 28.6 Å². The molecule has 4 aliphatic carbocycles. The van der Waals surface area contributed by atoms with E-state index in [1.807, 2.05) is 13.0 Å². The number of hydrogen-bond acceptors (Lipinski definition) is 3. The van der Waals surface area contributed by atoms with Crippen LogP contribution in [0.3, 0.4) is 0 Å². The molecule has 0 spiro atoms. The highest BCUT2D eigenvalue weighted by molar-refractivity contribution is 6.01. The summed E-state index contributed by atoms with van der Waals surface area (Å²) in [6.07, 6.45) is 13.1. The molecule has 4 aliphatic rings. The average Bonchev–Trinajstić information content (AvgIpc) is 2.92. The summed E-state index contributed by atoms with van der Waals surface area (Å²) in [5.41, 5.74) is 1.53. The van der Waals surface area contributed by atoms with Crippen molar-refractivity contribution in [3.8, 4) is 0 Å². The fourth-order valence-corrected chi connectivity index (χ4v) is 6.59. The van der Waals surface area contributed by atoms with Crippen LogP contribution in [0.5, 0.6) is 0 Å². The summed E-state index contributed by atoms with van der Waals surface area (Å²) in [4.78, 5) is 23.7. The number of esters is 1. The first kappa shape index (κ1) is 17.1. The lowest BCUT2D eigenvalue weighted by atomic mass is 9.48. The van der Waals surface area contributed by atoms with Gasteiger partial charge in [-0.1, -0.05) is 32.4 Å². The van der Waals surface area contributed by atoms with E-state index in [1.54, 1.807) is 6.08 Å². The summed E-state index contributed by atoms with van der Waals surface area (Å²) in [6, 6.07) is 0. The van der Waals surface area contributed by atoms with Crippen molar-refractivity contribution < 1.29 is 14.3 Å². The first-order valence-corrected chi connectivity index (χ1v) is 10.0. The Morgan fingerprint density at radius 2 is 2.00 bits per heavy atom. The van der Waals surface area contributed by atoms with Crippen LogP contribution in [0.1, 0.15) is 65.7 Å². The maximum Gasteiger partial charge on any atom is 0.305 e. The van der Waals surface area contributed by atoms with Gasteiger partial charge in [-0.2, -0.15) is 0 Å². The molecule has 3 nitrogen and oxygen atoms in total. The Morgan fingerprint density at radius 1 is 1.20 bits per heavy atom. The number of ether oxygens (including phenoxy) is 1. The van der Waals surface area contributed by atoms with E-state index in [0.717, 1.165) is 19.3 Å². The van der Waals surface area contributed by atoms with Crippen LogP contribution in [0, 0.1) is 28.6 Å². The number of allylic oxidation sites excluding steroid dienone is 4. The van der Waals surface area contributed by atoms with Crippen LogP contribution in [-0.4, -0.2) is 17.9 Å². The van der Waals surface area contributed by atoms with Gasteiger partial charge in [-0.25, -0.2) is 0 Å². The number of carbonyl (C=O) groups excluding carboxylic acids is 2. The molecular weight excluding hydrogens is 312 g/mol. The van der Waals surface area contributed by atoms with E-state index >= 15 is 0 Å². The molecule has 136 valence electrons. The minimum atomic E-state index is -0.0523. The summed E-state index contributed by atoms with van der Waals surface area (Å²) in [7, 11) is 0. The van der Waals surface area contributed by atoms with Crippen molar-refractivity contribution in [1.29, 1.82) is 0 Å². The minimum Gasteiger partial charge on any atom is -0.462 e. The number of ketones is 1. The lowest BCUT2D eigenvalue weighted by Crippen LogP contribution is -2.51. The Labute approximate surface area is 150 Å². The van der Waals surface area contributed by atoms with E-state index < -0.39 is 0 Å². The summed E-state index contributed by atoms with van der Waals surface area (Å²) >= 11 is 0. The molecule has 3 heteroatoms. The lowest BCUT2D eigenvalue weighted by molar-refractivity contribution is -0.158. The van der Waals surface area contributed by atoms with Gasteiger partial charge in [-0.05, 0) is 68.4 Å². The van der Waals surface area contributed by atoms with Crippen molar-refractivity contribution in [3.05, 3.63) is 23.8 Å². The highest BCUT2D eigenvalue weighted by Gasteiger charge is 2.59. The van der Waals surface area contributed by atoms with Crippen LogP contribution in [0.15, 0.2) is 23.8 Å². The molecule has 0 aromatic heterocycles. The van der Waals surface area contributed by atoms with Gasteiger partial charge in [0.15, 0.2) is 5.78 Å². The molecule has 3 fully saturated rings. The molecule has 0 heterocycles. The first-order valence-electron chi connectivity index (χ1n) is 10.0. The van der Waals surface area contributed by atoms with Gasteiger partial charge in [-0.15, -0.1) is 0 Å². The van der Waals surface area contributed by atoms with E-state index in [4.69, 9.17) is 4.74 Å². The Kier molecular flexibility index (Phi) is 3.97. The van der Waals surface area contributed by atoms with Gasteiger partial charge in [0.1, 0.15) is 6.10 Å². The summed E-state index contributed by atoms with van der Waals surface area (Å²) in [5.74, 6) is 2.05. The van der Waals surface area contributed by atoms with Crippen molar-refractivity contribution in [3.63, 3.8) is 0 Å². The zero-order valence-electron chi connectivity index (χ0n) is 15.7. The molecule has 4 rings (SSSR count). The molecule has 0 amide bonds. The van der Waals surface area contributed by atoms with E-state index in [-0.39, 0.29) is 28.7 Å². The van der Waals surface area contributed by atoms with Crippen LogP contribution < -0.4 is 0 Å². The maximum absolute atomic E-state index is 11.9. The number of hydrogen-bond donors (Lipinski definition) is 0. The lowest BCUT2D eigenvalue weighted by Gasteiger charge is -2.56. The molecule has 0 unspecified atom stereocenters. The molecule has 0 radical (unpaired) electrons. The normalized spacial score (nSPS) is 45.2. The van der Waals surface area contributed by atoms with Gasteiger partial charge < -0.3 is 4.74 Å². The van der Waals surface area contributed by atoms with Crippen molar-refractivity contribution in [1.82, 2.24) is 0 Å². The molecule has 0 aliphatic heterocycles. The van der Waals surface area contributed by atoms with Crippen LogP contribution in [0.2, 0.25) is 0 Å². The van der Waals surface area contributed by atoms with Crippen LogP contribution >= 0.6 is 0 Å². The topological polar surface area (TPSA) is 43.4 Å². The highest BCUT2D eigenvalue weighted by Crippen LogP contribution is 2.64. The molecule has 0 bridgehead atoms.